The van der Waals surface area contributed by atoms with Gasteiger partial charge in [0.1, 0.15) is 18.0 Å². The monoisotopic (exact) mass is 255 g/mol. The van der Waals surface area contributed by atoms with Gasteiger partial charge in [0.05, 0.1) is 5.69 Å². The quantitative estimate of drug-likeness (QED) is 0.784. The fourth-order valence-corrected chi connectivity index (χ4v) is 1.66. The summed E-state index contributed by atoms with van der Waals surface area (Å²) in [6, 6.07) is 4.43. The van der Waals surface area contributed by atoms with Crippen LogP contribution in [0.3, 0.4) is 0 Å². The third kappa shape index (κ3) is 1.68. The van der Waals surface area contributed by atoms with Crippen LogP contribution in [-0.4, -0.2) is 14.8 Å². The maximum atomic E-state index is 12.8. The van der Waals surface area contributed by atoms with Crippen LogP contribution in [0.1, 0.15) is 5.82 Å². The van der Waals surface area contributed by atoms with Crippen LogP contribution in [0, 0.1) is 12.7 Å². The molecule has 1 aromatic heterocycles. The van der Waals surface area contributed by atoms with Crippen LogP contribution in [0.2, 0.25) is 0 Å². The number of halogens is 2. The highest BCUT2D eigenvalue weighted by Crippen LogP contribution is 2.20. The molecule has 2 aromatic rings. The number of hydrogen-bond donors (Lipinski definition) is 0. The second kappa shape index (κ2) is 3.49. The van der Waals surface area contributed by atoms with Crippen molar-refractivity contribution in [2.24, 2.45) is 0 Å². The second-order valence-corrected chi connectivity index (χ2v) is 3.69. The van der Waals surface area contributed by atoms with Gasteiger partial charge < -0.3 is 0 Å². The Morgan fingerprint density at radius 1 is 1.43 bits per heavy atom. The average molecular weight is 256 g/mol. The third-order valence-electron chi connectivity index (χ3n) is 1.76. The number of nitrogens with zero attached hydrogens (tertiary/aromatic N) is 3. The molecule has 3 nitrogen and oxygen atoms in total. The van der Waals surface area contributed by atoms with Gasteiger partial charge in [0.2, 0.25) is 0 Å². The molecule has 0 saturated heterocycles. The van der Waals surface area contributed by atoms with E-state index in [0.717, 1.165) is 5.69 Å². The lowest BCUT2D eigenvalue weighted by Crippen LogP contribution is -1.96. The molecule has 1 aromatic carbocycles. The molecule has 2 rings (SSSR count). The van der Waals surface area contributed by atoms with Crippen LogP contribution in [0.25, 0.3) is 5.69 Å². The lowest BCUT2D eigenvalue weighted by atomic mass is 10.3. The number of aromatic nitrogens is 3. The largest absolute Gasteiger partial charge is 0.220 e. The van der Waals surface area contributed by atoms with Crippen LogP contribution < -0.4 is 0 Å². The minimum Gasteiger partial charge on any atom is -0.220 e. The highest BCUT2D eigenvalue weighted by Gasteiger charge is 2.04. The van der Waals surface area contributed by atoms with Gasteiger partial charge in [-0.3, -0.25) is 0 Å². The van der Waals surface area contributed by atoms with Crippen molar-refractivity contribution in [1.29, 1.82) is 0 Å². The fourth-order valence-electron chi connectivity index (χ4n) is 1.13. The molecule has 5 heteroatoms. The average Bonchev–Trinajstić information content (AvgIpc) is 2.51. The maximum absolute atomic E-state index is 12.8. The predicted molar refractivity (Wildman–Crippen MR) is 53.8 cm³/mol. The van der Waals surface area contributed by atoms with Crippen LogP contribution in [0.4, 0.5) is 4.39 Å². The summed E-state index contributed by atoms with van der Waals surface area (Å²) in [5, 5.41) is 4.12. The highest BCUT2D eigenvalue weighted by molar-refractivity contribution is 9.10. The Balaban J connectivity index is 2.52. The van der Waals surface area contributed by atoms with Gasteiger partial charge in [-0.05, 0) is 41.1 Å². The van der Waals surface area contributed by atoms with Gasteiger partial charge in [0, 0.05) is 4.47 Å². The Hall–Kier alpha value is -1.23. The predicted octanol–water partition coefficient (Wildman–Crippen LogP) is 2.48. The second-order valence-electron chi connectivity index (χ2n) is 2.83. The van der Waals surface area contributed by atoms with Crippen LogP contribution >= 0.6 is 15.9 Å². The van der Waals surface area contributed by atoms with Gasteiger partial charge in [-0.15, -0.1) is 0 Å². The standard InChI is InChI=1S/C9H7BrFN3/c1-6-12-5-14(13-6)9-3-2-7(11)4-8(9)10/h2-5H,1H3. The van der Waals surface area contributed by atoms with E-state index >= 15 is 0 Å². The summed E-state index contributed by atoms with van der Waals surface area (Å²) >= 11 is 3.26. The molecule has 0 atom stereocenters. The summed E-state index contributed by atoms with van der Waals surface area (Å²) in [5.41, 5.74) is 0.770. The lowest BCUT2D eigenvalue weighted by molar-refractivity contribution is 0.626. The summed E-state index contributed by atoms with van der Waals surface area (Å²) in [4.78, 5) is 3.99. The molecule has 0 amide bonds. The van der Waals surface area contributed by atoms with Gasteiger partial charge in [-0.1, -0.05) is 0 Å². The topological polar surface area (TPSA) is 30.7 Å². The molecule has 1 heterocycles. The summed E-state index contributed by atoms with van der Waals surface area (Å²) in [7, 11) is 0. The van der Waals surface area contributed by atoms with Crippen LogP contribution in [0.15, 0.2) is 29.0 Å². The molecular formula is C9H7BrFN3. The van der Waals surface area contributed by atoms with E-state index in [9.17, 15) is 4.39 Å². The zero-order valence-electron chi connectivity index (χ0n) is 7.41. The van der Waals surface area contributed by atoms with Gasteiger partial charge in [-0.2, -0.15) is 5.10 Å². The zero-order valence-corrected chi connectivity index (χ0v) is 8.99. The molecule has 0 aliphatic heterocycles. The van der Waals surface area contributed by atoms with E-state index in [1.54, 1.807) is 24.0 Å². The van der Waals surface area contributed by atoms with Crippen molar-refractivity contribution in [3.8, 4) is 5.69 Å². The maximum Gasteiger partial charge on any atom is 0.147 e. The summed E-state index contributed by atoms with van der Waals surface area (Å²) in [6.07, 6.45) is 1.59. The molecular weight excluding hydrogens is 249 g/mol. The molecule has 14 heavy (non-hydrogen) atoms. The Morgan fingerprint density at radius 3 is 2.79 bits per heavy atom. The normalized spacial score (nSPS) is 10.5. The Bertz CT molecular complexity index is 467. The Kier molecular flexibility index (Phi) is 2.33. The first-order valence-corrected chi connectivity index (χ1v) is 4.80. The van der Waals surface area contributed by atoms with Crippen molar-refractivity contribution in [2.45, 2.75) is 6.92 Å². The van der Waals surface area contributed by atoms with E-state index in [2.05, 4.69) is 26.0 Å². The van der Waals surface area contributed by atoms with E-state index in [1.165, 1.54) is 12.1 Å². The van der Waals surface area contributed by atoms with Crippen molar-refractivity contribution >= 4 is 15.9 Å². The molecule has 0 fully saturated rings. The first kappa shape index (κ1) is 9.33. The van der Waals surface area contributed by atoms with E-state index in [0.29, 0.717) is 10.3 Å². The third-order valence-corrected chi connectivity index (χ3v) is 2.40. The lowest BCUT2D eigenvalue weighted by Gasteiger charge is -2.02. The highest BCUT2D eigenvalue weighted by atomic mass is 79.9. The van der Waals surface area contributed by atoms with E-state index in [-0.39, 0.29) is 5.82 Å². The fraction of sp³-hybridized carbons (Fsp3) is 0.111. The first-order chi connectivity index (χ1) is 6.66. The van der Waals surface area contributed by atoms with Gasteiger partial charge in [-0.25, -0.2) is 14.1 Å². The Morgan fingerprint density at radius 2 is 2.21 bits per heavy atom. The summed E-state index contributed by atoms with van der Waals surface area (Å²) in [6.45, 7) is 1.80. The Labute approximate surface area is 88.7 Å². The number of benzene rings is 1. The number of hydrogen-bond acceptors (Lipinski definition) is 2. The van der Waals surface area contributed by atoms with E-state index in [1.807, 2.05) is 0 Å². The minimum absolute atomic E-state index is 0.280. The molecule has 0 spiro atoms. The van der Waals surface area contributed by atoms with Crippen molar-refractivity contribution < 1.29 is 4.39 Å². The molecule has 0 aliphatic rings. The van der Waals surface area contributed by atoms with Crippen LogP contribution in [-0.2, 0) is 0 Å². The number of rotatable bonds is 1. The van der Waals surface area contributed by atoms with Gasteiger partial charge in [0.25, 0.3) is 0 Å². The van der Waals surface area contributed by atoms with Gasteiger partial charge >= 0.3 is 0 Å². The van der Waals surface area contributed by atoms with Crippen LogP contribution in [0.5, 0.6) is 0 Å². The summed E-state index contributed by atoms with van der Waals surface area (Å²) < 4.78 is 15.0. The summed E-state index contributed by atoms with van der Waals surface area (Å²) in [5.74, 6) is 0.402. The molecule has 0 N–H and O–H groups in total. The molecule has 72 valence electrons. The smallest absolute Gasteiger partial charge is 0.147 e. The molecule has 0 saturated carbocycles. The first-order valence-electron chi connectivity index (χ1n) is 4.00. The zero-order chi connectivity index (χ0) is 10.1. The van der Waals surface area contributed by atoms with Gasteiger partial charge in [0.15, 0.2) is 0 Å². The SMILES string of the molecule is Cc1ncn(-c2ccc(F)cc2Br)n1. The minimum atomic E-state index is -0.280. The van der Waals surface area contributed by atoms with Crippen molar-refractivity contribution in [1.82, 2.24) is 14.8 Å². The number of aryl methyl sites for hydroxylation is 1. The molecule has 0 unspecified atom stereocenters. The van der Waals surface area contributed by atoms with Crippen molar-refractivity contribution in [3.05, 3.63) is 40.6 Å². The molecule has 0 radical (unpaired) electrons. The van der Waals surface area contributed by atoms with E-state index in [4.69, 9.17) is 0 Å². The molecule has 0 aliphatic carbocycles. The van der Waals surface area contributed by atoms with E-state index < -0.39 is 0 Å². The van der Waals surface area contributed by atoms with Crippen molar-refractivity contribution in [2.75, 3.05) is 0 Å². The van der Waals surface area contributed by atoms with Crippen molar-refractivity contribution in [3.63, 3.8) is 0 Å². The molecule has 0 bridgehead atoms.